The molecule has 1 aliphatic rings. The Morgan fingerprint density at radius 3 is 3.07 bits per heavy atom. The highest BCUT2D eigenvalue weighted by Gasteiger charge is 2.33. The van der Waals surface area contributed by atoms with Crippen molar-refractivity contribution in [3.63, 3.8) is 0 Å². The van der Waals surface area contributed by atoms with Gasteiger partial charge < -0.3 is 10.5 Å². The molecule has 3 N–H and O–H groups in total. The summed E-state index contributed by atoms with van der Waals surface area (Å²) in [6, 6.07) is 0. The fourth-order valence-electron chi connectivity index (χ4n) is 1.59. The maximum Gasteiger partial charge on any atom is 0.309 e. The molecule has 0 bridgehead atoms. The van der Waals surface area contributed by atoms with Crippen LogP contribution in [0.3, 0.4) is 0 Å². The van der Waals surface area contributed by atoms with Crippen molar-refractivity contribution in [3.8, 4) is 0 Å². The molecule has 0 unspecified atom stereocenters. The van der Waals surface area contributed by atoms with Crippen LogP contribution in [0.4, 0.5) is 0 Å². The maximum absolute atomic E-state index is 11.3. The summed E-state index contributed by atoms with van der Waals surface area (Å²) in [5.74, 6) is 0.597. The quantitative estimate of drug-likeness (QED) is 0.422. The minimum atomic E-state index is -0.0824. The molecule has 80 valence electrons. The molecule has 1 rings (SSSR count). The van der Waals surface area contributed by atoms with E-state index in [1.807, 2.05) is 0 Å². The molecular weight excluding hydrogens is 200 g/mol. The highest BCUT2D eigenvalue weighted by Crippen LogP contribution is 2.27. The molecule has 1 aliphatic heterocycles. The van der Waals surface area contributed by atoms with E-state index in [2.05, 4.69) is 6.92 Å². The molecule has 0 saturated carbocycles. The SMILES string of the molecule is CCC[C@@H]1C[C@@H](CSC(=N)N)OC1=O. The van der Waals surface area contributed by atoms with Gasteiger partial charge >= 0.3 is 5.97 Å². The molecule has 4 nitrogen and oxygen atoms in total. The van der Waals surface area contributed by atoms with E-state index in [4.69, 9.17) is 15.9 Å². The van der Waals surface area contributed by atoms with Gasteiger partial charge in [0, 0.05) is 5.75 Å². The van der Waals surface area contributed by atoms with E-state index < -0.39 is 0 Å². The molecule has 0 amide bonds. The number of cyclic esters (lactones) is 1. The molecule has 0 aliphatic carbocycles. The molecule has 1 saturated heterocycles. The second-order valence-corrected chi connectivity index (χ2v) is 4.52. The summed E-state index contributed by atoms with van der Waals surface area (Å²) in [7, 11) is 0. The average molecular weight is 216 g/mol. The van der Waals surface area contributed by atoms with Gasteiger partial charge in [-0.05, 0) is 12.8 Å². The van der Waals surface area contributed by atoms with Gasteiger partial charge in [-0.2, -0.15) is 0 Å². The van der Waals surface area contributed by atoms with Crippen LogP contribution in [-0.4, -0.2) is 23.0 Å². The number of hydrogen-bond acceptors (Lipinski definition) is 4. The number of nitrogens with two attached hydrogens (primary N) is 1. The molecule has 2 atom stereocenters. The Hall–Kier alpha value is -0.710. The number of thioether (sulfide) groups is 1. The van der Waals surface area contributed by atoms with Gasteiger partial charge in [0.2, 0.25) is 0 Å². The summed E-state index contributed by atoms with van der Waals surface area (Å²) in [6.07, 6.45) is 2.65. The number of hydrogen-bond donors (Lipinski definition) is 2. The van der Waals surface area contributed by atoms with E-state index in [-0.39, 0.29) is 23.2 Å². The maximum atomic E-state index is 11.3. The van der Waals surface area contributed by atoms with Crippen LogP contribution in [0, 0.1) is 11.3 Å². The zero-order valence-electron chi connectivity index (χ0n) is 8.29. The molecular formula is C9H16N2O2S. The van der Waals surface area contributed by atoms with Crippen LogP contribution in [0.15, 0.2) is 0 Å². The van der Waals surface area contributed by atoms with Crippen LogP contribution in [0.5, 0.6) is 0 Å². The predicted octanol–water partition coefficient (Wildman–Crippen LogP) is 1.34. The summed E-state index contributed by atoms with van der Waals surface area (Å²) >= 11 is 1.23. The van der Waals surface area contributed by atoms with Crippen molar-refractivity contribution in [2.24, 2.45) is 11.7 Å². The van der Waals surface area contributed by atoms with Gasteiger partial charge in [-0.1, -0.05) is 25.1 Å². The number of carbonyl (C=O) groups excluding carboxylic acids is 1. The standard InChI is InChI=1S/C9H16N2O2S/c1-2-3-6-4-7(13-8(6)12)5-14-9(10)11/h6-7H,2-5H2,1H3,(H3,10,11)/t6-,7+/m1/s1. The summed E-state index contributed by atoms with van der Waals surface area (Å²) in [5.41, 5.74) is 5.20. The van der Waals surface area contributed by atoms with Crippen molar-refractivity contribution >= 4 is 22.9 Å². The molecule has 0 aromatic rings. The zero-order chi connectivity index (χ0) is 10.6. The van der Waals surface area contributed by atoms with Gasteiger partial charge in [-0.25, -0.2) is 0 Å². The number of carbonyl (C=O) groups is 1. The fourth-order valence-corrected chi connectivity index (χ4v) is 2.16. The van der Waals surface area contributed by atoms with Crippen LogP contribution in [-0.2, 0) is 9.53 Å². The Kier molecular flexibility index (Phi) is 4.25. The number of ether oxygens (including phenoxy) is 1. The van der Waals surface area contributed by atoms with Crippen LogP contribution in [0.2, 0.25) is 0 Å². The third-order valence-corrected chi connectivity index (χ3v) is 3.07. The monoisotopic (exact) mass is 216 g/mol. The van der Waals surface area contributed by atoms with Crippen molar-refractivity contribution in [1.29, 1.82) is 5.41 Å². The molecule has 0 aromatic heterocycles. The minimum absolute atomic E-state index is 0.0482. The Bertz CT molecular complexity index is 233. The van der Waals surface area contributed by atoms with Crippen molar-refractivity contribution in [1.82, 2.24) is 0 Å². The predicted molar refractivity (Wildman–Crippen MR) is 57.3 cm³/mol. The minimum Gasteiger partial charge on any atom is -0.461 e. The fraction of sp³-hybridized carbons (Fsp3) is 0.778. The molecule has 14 heavy (non-hydrogen) atoms. The Morgan fingerprint density at radius 2 is 2.50 bits per heavy atom. The lowest BCUT2D eigenvalue weighted by Crippen LogP contribution is -2.14. The molecule has 1 fully saturated rings. The van der Waals surface area contributed by atoms with Crippen molar-refractivity contribution in [2.75, 3.05) is 5.75 Å². The lowest BCUT2D eigenvalue weighted by Gasteiger charge is -2.06. The molecule has 0 spiro atoms. The first-order chi connectivity index (χ1) is 6.63. The second-order valence-electron chi connectivity index (χ2n) is 3.46. The number of nitrogens with one attached hydrogen (secondary N) is 1. The number of amidine groups is 1. The van der Waals surface area contributed by atoms with Gasteiger partial charge in [0.25, 0.3) is 0 Å². The number of rotatable bonds is 4. The second kappa shape index (κ2) is 5.24. The molecule has 0 radical (unpaired) electrons. The van der Waals surface area contributed by atoms with E-state index in [0.29, 0.717) is 5.75 Å². The highest BCUT2D eigenvalue weighted by atomic mass is 32.2. The van der Waals surface area contributed by atoms with E-state index in [1.54, 1.807) is 0 Å². The van der Waals surface area contributed by atoms with Gasteiger partial charge in [0.15, 0.2) is 5.17 Å². The van der Waals surface area contributed by atoms with Crippen LogP contribution < -0.4 is 5.73 Å². The normalized spacial score (nSPS) is 26.2. The van der Waals surface area contributed by atoms with Gasteiger partial charge in [-0.15, -0.1) is 0 Å². The van der Waals surface area contributed by atoms with Crippen molar-refractivity contribution < 1.29 is 9.53 Å². The van der Waals surface area contributed by atoms with Crippen molar-refractivity contribution in [3.05, 3.63) is 0 Å². The zero-order valence-corrected chi connectivity index (χ0v) is 9.10. The topological polar surface area (TPSA) is 76.2 Å². The lowest BCUT2D eigenvalue weighted by molar-refractivity contribution is -0.143. The highest BCUT2D eigenvalue weighted by molar-refractivity contribution is 8.13. The van der Waals surface area contributed by atoms with Crippen LogP contribution >= 0.6 is 11.8 Å². The van der Waals surface area contributed by atoms with E-state index in [9.17, 15) is 4.79 Å². The first-order valence-corrected chi connectivity index (χ1v) is 5.79. The summed E-state index contributed by atoms with van der Waals surface area (Å²) < 4.78 is 5.16. The average Bonchev–Trinajstić information content (AvgIpc) is 2.45. The number of esters is 1. The first-order valence-electron chi connectivity index (χ1n) is 4.80. The third kappa shape index (κ3) is 3.21. The van der Waals surface area contributed by atoms with Gasteiger partial charge in [-0.3, -0.25) is 10.2 Å². The Labute approximate surface area is 88.1 Å². The third-order valence-electron chi connectivity index (χ3n) is 2.23. The van der Waals surface area contributed by atoms with Crippen molar-refractivity contribution in [2.45, 2.75) is 32.3 Å². The van der Waals surface area contributed by atoms with E-state index >= 15 is 0 Å². The van der Waals surface area contributed by atoms with Gasteiger partial charge in [0.1, 0.15) is 6.10 Å². The molecule has 1 heterocycles. The summed E-state index contributed by atoms with van der Waals surface area (Å²) in [4.78, 5) is 11.3. The van der Waals surface area contributed by atoms with Gasteiger partial charge in [0.05, 0.1) is 5.92 Å². The molecule has 0 aromatic carbocycles. The molecule has 5 heteroatoms. The Morgan fingerprint density at radius 1 is 1.79 bits per heavy atom. The smallest absolute Gasteiger partial charge is 0.309 e. The lowest BCUT2D eigenvalue weighted by atomic mass is 10.0. The van der Waals surface area contributed by atoms with Crippen LogP contribution in [0.1, 0.15) is 26.2 Å². The Balaban J connectivity index is 2.31. The van der Waals surface area contributed by atoms with Crippen LogP contribution in [0.25, 0.3) is 0 Å². The summed E-state index contributed by atoms with van der Waals surface area (Å²) in [5, 5.41) is 7.12. The van der Waals surface area contributed by atoms with E-state index in [0.717, 1.165) is 19.3 Å². The first kappa shape index (κ1) is 11.4. The summed E-state index contributed by atoms with van der Waals surface area (Å²) in [6.45, 7) is 2.06. The van der Waals surface area contributed by atoms with E-state index in [1.165, 1.54) is 11.8 Å². The largest absolute Gasteiger partial charge is 0.461 e.